The summed E-state index contributed by atoms with van der Waals surface area (Å²) in [6, 6.07) is 0. The van der Waals surface area contributed by atoms with E-state index >= 15 is 0 Å². The molecule has 0 unspecified atom stereocenters. The molecule has 0 saturated heterocycles. The predicted octanol–water partition coefficient (Wildman–Crippen LogP) is 1.07. The molecule has 0 amide bonds. The summed E-state index contributed by atoms with van der Waals surface area (Å²) >= 11 is 0. The van der Waals surface area contributed by atoms with Crippen LogP contribution in [0.5, 0.6) is 0 Å². The van der Waals surface area contributed by atoms with Crippen LogP contribution in [0, 0.1) is 6.42 Å². The van der Waals surface area contributed by atoms with Gasteiger partial charge in [0.25, 0.3) is 0 Å². The number of rotatable bonds is 2. The Morgan fingerprint density at radius 3 is 2.33 bits per heavy atom. The Kier molecular flexibility index (Phi) is 2.73. The molecule has 0 fully saturated rings. The Labute approximate surface area is 38.4 Å². The van der Waals surface area contributed by atoms with E-state index in [0.29, 0.717) is 6.42 Å². The zero-order valence-corrected chi connectivity index (χ0v) is 4.12. The summed E-state index contributed by atoms with van der Waals surface area (Å²) in [4.78, 5) is 9.98. The number of ketones is 1. The summed E-state index contributed by atoms with van der Waals surface area (Å²) in [7, 11) is 0. The van der Waals surface area contributed by atoms with Gasteiger partial charge in [-0.2, -0.15) is 0 Å². The van der Waals surface area contributed by atoms with Crippen LogP contribution in [-0.2, 0) is 4.79 Å². The molecule has 34 valence electrons. The average molecular weight is 84.1 g/mol. The van der Waals surface area contributed by atoms with Gasteiger partial charge in [-0.25, -0.2) is 0 Å². The van der Waals surface area contributed by atoms with E-state index < -0.39 is 0 Å². The van der Waals surface area contributed by atoms with Gasteiger partial charge in [-0.1, -0.05) is 6.92 Å². The number of carbonyl (C=O) groups excluding carboxylic acids is 1. The molecule has 0 N–H and O–H groups in total. The summed E-state index contributed by atoms with van der Waals surface area (Å²) in [5.74, 6) is 0.178. The summed E-state index contributed by atoms with van der Waals surface area (Å²) in [6.45, 7) is 3.30. The van der Waals surface area contributed by atoms with Crippen molar-refractivity contribution in [1.82, 2.24) is 0 Å². The number of hydrogen-bond acceptors (Lipinski definition) is 1. The quantitative estimate of drug-likeness (QED) is 0.489. The topological polar surface area (TPSA) is 17.1 Å². The highest BCUT2D eigenvalue weighted by Gasteiger charge is 1.84. The highest BCUT2D eigenvalue weighted by molar-refractivity contribution is 5.76. The molecule has 2 radical (unpaired) electrons. The minimum Gasteiger partial charge on any atom is -0.300 e. The first-order valence-electron chi connectivity index (χ1n) is 1.91. The maximum atomic E-state index is 9.98. The van der Waals surface area contributed by atoms with Gasteiger partial charge in [-0.15, -0.1) is 0 Å². The lowest BCUT2D eigenvalue weighted by molar-refractivity contribution is -0.116. The molecule has 0 atom stereocenters. The fraction of sp³-hybridized carbons (Fsp3) is 0.600. The first-order chi connectivity index (χ1) is 2.77. The van der Waals surface area contributed by atoms with Gasteiger partial charge >= 0.3 is 0 Å². The highest BCUT2D eigenvalue weighted by Crippen LogP contribution is 1.82. The van der Waals surface area contributed by atoms with Crippen molar-refractivity contribution in [3.8, 4) is 0 Å². The van der Waals surface area contributed by atoms with E-state index in [1.54, 1.807) is 13.8 Å². The van der Waals surface area contributed by atoms with Crippen LogP contribution < -0.4 is 0 Å². The van der Waals surface area contributed by atoms with Crippen molar-refractivity contribution in [2.45, 2.75) is 20.3 Å². The zero-order valence-electron chi connectivity index (χ0n) is 4.12. The SMILES string of the molecule is C[C]CC(C)=O. The van der Waals surface area contributed by atoms with E-state index in [4.69, 9.17) is 0 Å². The fourth-order valence-electron chi connectivity index (χ4n) is 0.249. The Balaban J connectivity index is 2.83. The lowest BCUT2D eigenvalue weighted by Crippen LogP contribution is -1.85. The third-order valence-electron chi connectivity index (χ3n) is 0.426. The second kappa shape index (κ2) is 2.88. The van der Waals surface area contributed by atoms with E-state index in [1.165, 1.54) is 0 Å². The summed E-state index contributed by atoms with van der Waals surface area (Å²) in [6.07, 6.45) is 3.20. The van der Waals surface area contributed by atoms with E-state index in [-0.39, 0.29) is 5.78 Å². The molecule has 0 aliphatic heterocycles. The Hall–Kier alpha value is -0.330. The lowest BCUT2D eigenvalue weighted by atomic mass is 10.3. The standard InChI is InChI=1S/C5H8O/c1-3-4-5(2)6/h4H2,1-2H3. The van der Waals surface area contributed by atoms with Gasteiger partial charge in [-0.05, 0) is 13.3 Å². The Morgan fingerprint density at radius 1 is 1.83 bits per heavy atom. The molecule has 1 heteroatoms. The summed E-state index contributed by atoms with van der Waals surface area (Å²) < 4.78 is 0. The first kappa shape index (κ1) is 5.67. The van der Waals surface area contributed by atoms with Crippen molar-refractivity contribution in [3.05, 3.63) is 6.42 Å². The van der Waals surface area contributed by atoms with Crippen LogP contribution in [0.2, 0.25) is 0 Å². The van der Waals surface area contributed by atoms with Gasteiger partial charge in [0.15, 0.2) is 0 Å². The second-order valence-corrected chi connectivity index (χ2v) is 1.23. The second-order valence-electron chi connectivity index (χ2n) is 1.23. The van der Waals surface area contributed by atoms with Crippen molar-refractivity contribution < 1.29 is 4.79 Å². The highest BCUT2D eigenvalue weighted by atomic mass is 16.1. The van der Waals surface area contributed by atoms with E-state index in [9.17, 15) is 4.79 Å². The minimum atomic E-state index is 0.178. The lowest BCUT2D eigenvalue weighted by Gasteiger charge is -1.79. The van der Waals surface area contributed by atoms with Crippen LogP contribution in [0.15, 0.2) is 0 Å². The van der Waals surface area contributed by atoms with Crippen LogP contribution in [0.4, 0.5) is 0 Å². The summed E-state index contributed by atoms with van der Waals surface area (Å²) in [5.41, 5.74) is 0. The van der Waals surface area contributed by atoms with Crippen molar-refractivity contribution >= 4 is 5.78 Å². The smallest absolute Gasteiger partial charge is 0.130 e. The van der Waals surface area contributed by atoms with Gasteiger partial charge in [0.2, 0.25) is 0 Å². The molecular weight excluding hydrogens is 76.1 g/mol. The van der Waals surface area contributed by atoms with Gasteiger partial charge in [0, 0.05) is 6.42 Å². The first-order valence-corrected chi connectivity index (χ1v) is 1.91. The monoisotopic (exact) mass is 84.1 g/mol. The Bertz CT molecular complexity index is 47.9. The molecule has 0 bridgehead atoms. The van der Waals surface area contributed by atoms with Gasteiger partial charge in [0.05, 0.1) is 0 Å². The number of Topliss-reactive ketones (excluding diaryl/α,β-unsaturated/α-hetero) is 1. The van der Waals surface area contributed by atoms with Gasteiger partial charge < -0.3 is 4.79 Å². The summed E-state index contributed by atoms with van der Waals surface area (Å²) in [5, 5.41) is 0. The number of hydrogen-bond donors (Lipinski definition) is 0. The van der Waals surface area contributed by atoms with Crippen LogP contribution in [-0.4, -0.2) is 5.78 Å². The van der Waals surface area contributed by atoms with Crippen LogP contribution in [0.25, 0.3) is 0 Å². The van der Waals surface area contributed by atoms with E-state index in [2.05, 4.69) is 6.42 Å². The molecule has 0 aromatic carbocycles. The molecule has 0 aliphatic carbocycles. The normalized spacial score (nSPS) is 8.33. The number of carbonyl (C=O) groups is 1. The molecule has 0 aromatic rings. The molecule has 0 rings (SSSR count). The van der Waals surface area contributed by atoms with E-state index in [1.807, 2.05) is 0 Å². The van der Waals surface area contributed by atoms with Crippen molar-refractivity contribution in [2.75, 3.05) is 0 Å². The van der Waals surface area contributed by atoms with Crippen molar-refractivity contribution in [3.63, 3.8) is 0 Å². The molecule has 0 heterocycles. The average Bonchev–Trinajstić information content (AvgIpc) is 1.35. The van der Waals surface area contributed by atoms with Crippen molar-refractivity contribution in [1.29, 1.82) is 0 Å². The molecule has 0 aliphatic rings. The fourth-order valence-corrected chi connectivity index (χ4v) is 0.249. The Morgan fingerprint density at radius 2 is 2.33 bits per heavy atom. The maximum Gasteiger partial charge on any atom is 0.130 e. The van der Waals surface area contributed by atoms with Crippen LogP contribution in [0.3, 0.4) is 0 Å². The third-order valence-corrected chi connectivity index (χ3v) is 0.426. The molecule has 0 spiro atoms. The molecule has 1 nitrogen and oxygen atoms in total. The van der Waals surface area contributed by atoms with Crippen LogP contribution in [0.1, 0.15) is 20.3 Å². The van der Waals surface area contributed by atoms with E-state index in [0.717, 1.165) is 0 Å². The zero-order chi connectivity index (χ0) is 4.99. The molecule has 6 heavy (non-hydrogen) atoms. The maximum absolute atomic E-state index is 9.98. The largest absolute Gasteiger partial charge is 0.300 e. The molecular formula is C5H8O. The molecule has 0 saturated carbocycles. The minimum absolute atomic E-state index is 0.178. The van der Waals surface area contributed by atoms with Crippen molar-refractivity contribution in [2.24, 2.45) is 0 Å². The predicted molar refractivity (Wildman–Crippen MR) is 24.2 cm³/mol. The van der Waals surface area contributed by atoms with Crippen LogP contribution >= 0.6 is 0 Å². The van der Waals surface area contributed by atoms with Gasteiger partial charge in [0.1, 0.15) is 5.78 Å². The third kappa shape index (κ3) is 3.67. The van der Waals surface area contributed by atoms with Gasteiger partial charge in [-0.3, -0.25) is 0 Å². The molecule has 0 aromatic heterocycles.